The van der Waals surface area contributed by atoms with Crippen molar-refractivity contribution >= 4 is 23.2 Å². The predicted octanol–water partition coefficient (Wildman–Crippen LogP) is 4.96. The third-order valence-corrected chi connectivity index (χ3v) is 5.89. The van der Waals surface area contributed by atoms with Gasteiger partial charge in [-0.15, -0.1) is 0 Å². The van der Waals surface area contributed by atoms with Crippen molar-refractivity contribution in [2.75, 3.05) is 43.6 Å². The van der Waals surface area contributed by atoms with Crippen LogP contribution < -0.4 is 15.5 Å². The number of hydrogen-bond donors (Lipinski definition) is 2. The molecule has 0 bridgehead atoms. The zero-order chi connectivity index (χ0) is 24.7. The zero-order valence-corrected chi connectivity index (χ0v) is 19.4. The van der Waals surface area contributed by atoms with Gasteiger partial charge in [-0.25, -0.2) is 0 Å². The molecule has 1 fully saturated rings. The molecule has 6 nitrogen and oxygen atoms in total. The Hall–Kier alpha value is -3.07. The summed E-state index contributed by atoms with van der Waals surface area (Å²) in [6.45, 7) is 4.80. The van der Waals surface area contributed by atoms with Crippen molar-refractivity contribution in [1.82, 2.24) is 5.32 Å². The molecule has 3 rings (SSSR count). The fourth-order valence-corrected chi connectivity index (χ4v) is 3.87. The van der Waals surface area contributed by atoms with Crippen molar-refractivity contribution in [3.8, 4) is 0 Å². The topological polar surface area (TPSA) is 70.7 Å². The maximum Gasteiger partial charge on any atom is 0.416 e. The summed E-state index contributed by atoms with van der Waals surface area (Å²) in [6, 6.07) is 9.25. The lowest BCUT2D eigenvalue weighted by molar-refractivity contribution is -0.137. The number of anilines is 2. The minimum absolute atomic E-state index is 0.116. The minimum Gasteiger partial charge on any atom is -0.385 e. The summed E-state index contributed by atoms with van der Waals surface area (Å²) < 4.78 is 44.0. The van der Waals surface area contributed by atoms with Crippen molar-refractivity contribution in [2.24, 2.45) is 5.92 Å². The van der Waals surface area contributed by atoms with E-state index in [9.17, 15) is 22.8 Å². The van der Waals surface area contributed by atoms with Crippen LogP contribution in [0.4, 0.5) is 24.5 Å². The van der Waals surface area contributed by atoms with Crippen LogP contribution in [0, 0.1) is 5.92 Å². The summed E-state index contributed by atoms with van der Waals surface area (Å²) in [4.78, 5) is 27.8. The van der Waals surface area contributed by atoms with Crippen molar-refractivity contribution in [3.63, 3.8) is 0 Å². The molecule has 1 aliphatic rings. The van der Waals surface area contributed by atoms with Gasteiger partial charge in [0.05, 0.1) is 11.1 Å². The molecular weight excluding hydrogens is 447 g/mol. The first-order chi connectivity index (χ1) is 16.2. The van der Waals surface area contributed by atoms with Gasteiger partial charge in [0.1, 0.15) is 0 Å². The zero-order valence-electron chi connectivity index (χ0n) is 19.4. The molecule has 2 aromatic carbocycles. The van der Waals surface area contributed by atoms with Crippen molar-refractivity contribution < 1.29 is 27.5 Å². The second-order valence-electron chi connectivity index (χ2n) is 8.54. The molecular formula is C25H30F3N3O3. The van der Waals surface area contributed by atoms with Crippen molar-refractivity contribution in [2.45, 2.75) is 32.4 Å². The number of hydrogen-bond acceptors (Lipinski definition) is 4. The van der Waals surface area contributed by atoms with Crippen LogP contribution >= 0.6 is 0 Å². The first-order valence-corrected chi connectivity index (χ1v) is 11.3. The van der Waals surface area contributed by atoms with Crippen LogP contribution in [0.15, 0.2) is 42.5 Å². The van der Waals surface area contributed by atoms with E-state index in [0.29, 0.717) is 36.7 Å². The van der Waals surface area contributed by atoms with E-state index in [0.717, 1.165) is 43.8 Å². The van der Waals surface area contributed by atoms with E-state index in [1.165, 1.54) is 12.1 Å². The van der Waals surface area contributed by atoms with Gasteiger partial charge in [0, 0.05) is 50.3 Å². The second kappa shape index (κ2) is 11.4. The number of carbonyl (C=O) groups excluding carboxylic acids is 2. The Kier molecular flexibility index (Phi) is 8.55. The Balaban J connectivity index is 1.82. The highest BCUT2D eigenvalue weighted by molar-refractivity contribution is 6.06. The van der Waals surface area contributed by atoms with E-state index in [4.69, 9.17) is 4.74 Å². The molecule has 1 saturated heterocycles. The van der Waals surface area contributed by atoms with Gasteiger partial charge in [0.2, 0.25) is 0 Å². The van der Waals surface area contributed by atoms with Gasteiger partial charge in [0.25, 0.3) is 11.8 Å². The van der Waals surface area contributed by atoms with E-state index < -0.39 is 17.6 Å². The number of nitrogens with one attached hydrogen (secondary N) is 2. The van der Waals surface area contributed by atoms with E-state index in [-0.39, 0.29) is 11.5 Å². The maximum atomic E-state index is 13.0. The molecule has 1 heterocycles. The van der Waals surface area contributed by atoms with Gasteiger partial charge < -0.3 is 20.3 Å². The monoisotopic (exact) mass is 477 g/mol. The summed E-state index contributed by atoms with van der Waals surface area (Å²) in [5, 5.41) is 5.50. The molecule has 2 amide bonds. The highest BCUT2D eigenvalue weighted by atomic mass is 19.4. The van der Waals surface area contributed by atoms with Gasteiger partial charge in [0.15, 0.2) is 0 Å². The Morgan fingerprint density at radius 3 is 2.50 bits per heavy atom. The Morgan fingerprint density at radius 1 is 1.09 bits per heavy atom. The van der Waals surface area contributed by atoms with E-state index >= 15 is 0 Å². The van der Waals surface area contributed by atoms with Crippen LogP contribution in [0.3, 0.4) is 0 Å². The SMILES string of the molecule is COCCCNC(=O)c1cc(NC(=O)c2cccc(C(F)(F)F)c2)ccc1N1CCC(C)CC1. The molecule has 0 aliphatic carbocycles. The quantitative estimate of drug-likeness (QED) is 0.528. The van der Waals surface area contributed by atoms with Crippen LogP contribution in [-0.2, 0) is 10.9 Å². The van der Waals surface area contributed by atoms with E-state index in [1.54, 1.807) is 25.3 Å². The molecule has 0 saturated carbocycles. The van der Waals surface area contributed by atoms with Gasteiger partial charge >= 0.3 is 6.18 Å². The number of methoxy groups -OCH3 is 1. The number of alkyl halides is 3. The highest BCUT2D eigenvalue weighted by Gasteiger charge is 2.31. The molecule has 0 spiro atoms. The summed E-state index contributed by atoms with van der Waals surface area (Å²) in [5.74, 6) is -0.342. The number of carbonyl (C=O) groups is 2. The molecule has 2 N–H and O–H groups in total. The van der Waals surface area contributed by atoms with Crippen LogP contribution in [-0.4, -0.2) is 45.2 Å². The fourth-order valence-electron chi connectivity index (χ4n) is 3.87. The maximum absolute atomic E-state index is 13.0. The Bertz CT molecular complexity index is 1000. The molecule has 1 aliphatic heterocycles. The number of halogens is 3. The number of ether oxygens (including phenoxy) is 1. The van der Waals surface area contributed by atoms with Crippen LogP contribution in [0.25, 0.3) is 0 Å². The van der Waals surface area contributed by atoms with Gasteiger partial charge in [-0.2, -0.15) is 13.2 Å². The van der Waals surface area contributed by atoms with Crippen LogP contribution in [0.1, 0.15) is 52.5 Å². The Morgan fingerprint density at radius 2 is 1.82 bits per heavy atom. The van der Waals surface area contributed by atoms with E-state index in [1.807, 2.05) is 0 Å². The molecule has 0 atom stereocenters. The van der Waals surface area contributed by atoms with Crippen LogP contribution in [0.5, 0.6) is 0 Å². The molecule has 0 unspecified atom stereocenters. The summed E-state index contributed by atoms with van der Waals surface area (Å²) in [7, 11) is 1.59. The van der Waals surface area contributed by atoms with Crippen molar-refractivity contribution in [3.05, 3.63) is 59.2 Å². The largest absolute Gasteiger partial charge is 0.416 e. The molecule has 0 radical (unpaired) electrons. The van der Waals surface area contributed by atoms with E-state index in [2.05, 4.69) is 22.5 Å². The fraction of sp³-hybridized carbons (Fsp3) is 0.440. The average Bonchev–Trinajstić information content (AvgIpc) is 2.82. The normalized spacial score (nSPS) is 14.7. The first kappa shape index (κ1) is 25.6. The smallest absolute Gasteiger partial charge is 0.385 e. The van der Waals surface area contributed by atoms with Crippen LogP contribution in [0.2, 0.25) is 0 Å². The lowest BCUT2D eigenvalue weighted by atomic mass is 9.97. The number of benzene rings is 2. The van der Waals surface area contributed by atoms with Crippen molar-refractivity contribution in [1.29, 1.82) is 0 Å². The number of rotatable bonds is 8. The molecule has 2 aromatic rings. The lowest BCUT2D eigenvalue weighted by Gasteiger charge is -2.33. The summed E-state index contributed by atoms with van der Waals surface area (Å²) >= 11 is 0. The molecule has 0 aromatic heterocycles. The first-order valence-electron chi connectivity index (χ1n) is 11.3. The number of nitrogens with zero attached hydrogens (tertiary/aromatic N) is 1. The average molecular weight is 478 g/mol. The number of piperidine rings is 1. The van der Waals surface area contributed by atoms with Gasteiger partial charge in [-0.1, -0.05) is 13.0 Å². The van der Waals surface area contributed by atoms with Gasteiger partial charge in [-0.05, 0) is 61.6 Å². The lowest BCUT2D eigenvalue weighted by Crippen LogP contribution is -2.35. The Labute approximate surface area is 197 Å². The standard InChI is InChI=1S/C25H30F3N3O3/c1-17-9-12-31(13-10-17)22-8-7-20(16-21(22)24(33)29-11-4-14-34-2)30-23(32)18-5-3-6-19(15-18)25(26,27)28/h3,5-8,15-17H,4,9-14H2,1-2H3,(H,29,33)(H,30,32). The third-order valence-electron chi connectivity index (χ3n) is 5.89. The molecule has 184 valence electrons. The second-order valence-corrected chi connectivity index (χ2v) is 8.54. The molecule has 9 heteroatoms. The third kappa shape index (κ3) is 6.72. The van der Waals surface area contributed by atoms with Gasteiger partial charge in [-0.3, -0.25) is 9.59 Å². The predicted molar refractivity (Wildman–Crippen MR) is 125 cm³/mol. The summed E-state index contributed by atoms with van der Waals surface area (Å²) in [5.41, 5.74) is 0.501. The minimum atomic E-state index is -4.54. The summed E-state index contributed by atoms with van der Waals surface area (Å²) in [6.07, 6.45) is -1.85. The molecule has 34 heavy (non-hydrogen) atoms. The number of amides is 2. The highest BCUT2D eigenvalue weighted by Crippen LogP contribution is 2.31.